The predicted molar refractivity (Wildman–Crippen MR) is 183 cm³/mol. The van der Waals surface area contributed by atoms with Gasteiger partial charge < -0.3 is 20.1 Å². The molecule has 0 saturated carbocycles. The molecule has 228 valence electrons. The van der Waals surface area contributed by atoms with Crippen molar-refractivity contribution in [2.75, 3.05) is 24.4 Å². The van der Waals surface area contributed by atoms with Crippen LogP contribution in [0.4, 0.5) is 16.5 Å². The van der Waals surface area contributed by atoms with Crippen LogP contribution in [0.15, 0.2) is 99.9 Å². The fourth-order valence-corrected chi connectivity index (χ4v) is 5.55. The van der Waals surface area contributed by atoms with E-state index in [9.17, 15) is 9.59 Å². The third-order valence-corrected chi connectivity index (χ3v) is 7.99. The molecule has 4 aromatic carbocycles. The lowest BCUT2D eigenvalue weighted by Crippen LogP contribution is -2.21. The average Bonchev–Trinajstić information content (AvgIpc) is 3.51. The van der Waals surface area contributed by atoms with E-state index in [4.69, 9.17) is 9.47 Å². The van der Waals surface area contributed by atoms with Gasteiger partial charge in [-0.2, -0.15) is 5.10 Å². The van der Waals surface area contributed by atoms with Gasteiger partial charge in [-0.1, -0.05) is 48.0 Å². The third-order valence-electron chi connectivity index (χ3n) is 6.65. The fraction of sp³-hybridized carbons (Fsp3) is 0.118. The highest BCUT2D eigenvalue weighted by Gasteiger charge is 2.14. The number of aryl methyl sites for hydroxylation is 2. The minimum atomic E-state index is -0.358. The zero-order valence-corrected chi connectivity index (χ0v) is 27.2. The van der Waals surface area contributed by atoms with Crippen LogP contribution >= 0.6 is 27.3 Å². The second-order valence-corrected chi connectivity index (χ2v) is 11.7. The summed E-state index contributed by atoms with van der Waals surface area (Å²) in [5.41, 5.74) is 9.21. The number of halogens is 1. The quantitative estimate of drug-likeness (QED) is 0.0970. The van der Waals surface area contributed by atoms with Crippen molar-refractivity contribution in [1.29, 1.82) is 0 Å². The molecule has 5 aromatic rings. The molecule has 0 atom stereocenters. The average molecular weight is 685 g/mol. The highest BCUT2D eigenvalue weighted by molar-refractivity contribution is 9.10. The van der Waals surface area contributed by atoms with Crippen molar-refractivity contribution in [3.63, 3.8) is 0 Å². The van der Waals surface area contributed by atoms with E-state index in [1.807, 2.05) is 79.9 Å². The molecular formula is C34H30BrN5O4S. The topological polar surface area (TPSA) is 114 Å². The van der Waals surface area contributed by atoms with E-state index in [-0.39, 0.29) is 18.4 Å². The first kappa shape index (κ1) is 31.4. The number of benzene rings is 4. The van der Waals surface area contributed by atoms with Gasteiger partial charge in [0.15, 0.2) is 23.2 Å². The number of hydrazone groups is 1. The summed E-state index contributed by atoms with van der Waals surface area (Å²) in [6, 6.07) is 26.2. The number of nitrogens with zero attached hydrogens (tertiary/aromatic N) is 2. The SMILES string of the molecule is COc1cc(/C=N/NC(=O)c2ccc(-c3csc(Nc4ccc(C)cc4)n3)cc2)cc(Br)c1OCC(=O)Nc1ccccc1C. The number of hydrogen-bond donors (Lipinski definition) is 3. The highest BCUT2D eigenvalue weighted by atomic mass is 79.9. The van der Waals surface area contributed by atoms with Crippen molar-refractivity contribution < 1.29 is 19.1 Å². The Kier molecular flexibility index (Phi) is 10.2. The van der Waals surface area contributed by atoms with Crippen LogP contribution in [-0.4, -0.2) is 36.7 Å². The summed E-state index contributed by atoms with van der Waals surface area (Å²) in [6.45, 7) is 3.76. The summed E-state index contributed by atoms with van der Waals surface area (Å²) in [7, 11) is 1.50. The van der Waals surface area contributed by atoms with Gasteiger partial charge in [-0.05, 0) is 83.4 Å². The van der Waals surface area contributed by atoms with Crippen LogP contribution < -0.4 is 25.5 Å². The number of aromatic nitrogens is 1. The van der Waals surface area contributed by atoms with Gasteiger partial charge in [0.1, 0.15) is 0 Å². The van der Waals surface area contributed by atoms with Gasteiger partial charge >= 0.3 is 0 Å². The van der Waals surface area contributed by atoms with Gasteiger partial charge in [-0.15, -0.1) is 11.3 Å². The van der Waals surface area contributed by atoms with Crippen LogP contribution in [0, 0.1) is 13.8 Å². The van der Waals surface area contributed by atoms with E-state index in [0.29, 0.717) is 27.1 Å². The summed E-state index contributed by atoms with van der Waals surface area (Å²) < 4.78 is 11.8. The summed E-state index contributed by atoms with van der Waals surface area (Å²) in [5, 5.41) is 13.0. The van der Waals surface area contributed by atoms with Gasteiger partial charge in [0.05, 0.1) is 23.5 Å². The second kappa shape index (κ2) is 14.7. The van der Waals surface area contributed by atoms with E-state index < -0.39 is 0 Å². The first-order valence-electron chi connectivity index (χ1n) is 13.9. The van der Waals surface area contributed by atoms with E-state index in [1.165, 1.54) is 30.2 Å². The summed E-state index contributed by atoms with van der Waals surface area (Å²) in [6.07, 6.45) is 1.49. The van der Waals surface area contributed by atoms with Crippen molar-refractivity contribution in [3.8, 4) is 22.8 Å². The number of anilines is 3. The zero-order valence-electron chi connectivity index (χ0n) is 24.8. The molecule has 2 amide bonds. The van der Waals surface area contributed by atoms with Gasteiger partial charge in [-0.3, -0.25) is 9.59 Å². The lowest BCUT2D eigenvalue weighted by atomic mass is 10.1. The maximum absolute atomic E-state index is 12.7. The zero-order chi connectivity index (χ0) is 31.8. The summed E-state index contributed by atoms with van der Waals surface area (Å²) >= 11 is 4.99. The van der Waals surface area contributed by atoms with E-state index in [1.54, 1.807) is 24.3 Å². The number of carbonyl (C=O) groups is 2. The highest BCUT2D eigenvalue weighted by Crippen LogP contribution is 2.36. The molecule has 45 heavy (non-hydrogen) atoms. The van der Waals surface area contributed by atoms with Crippen LogP contribution in [0.1, 0.15) is 27.0 Å². The monoisotopic (exact) mass is 683 g/mol. The number of rotatable bonds is 11. The lowest BCUT2D eigenvalue weighted by Gasteiger charge is -2.14. The first-order chi connectivity index (χ1) is 21.8. The lowest BCUT2D eigenvalue weighted by molar-refractivity contribution is -0.118. The smallest absolute Gasteiger partial charge is 0.271 e. The Balaban J connectivity index is 1.16. The van der Waals surface area contributed by atoms with Crippen molar-refractivity contribution in [2.24, 2.45) is 5.10 Å². The number of hydrogen-bond acceptors (Lipinski definition) is 8. The van der Waals surface area contributed by atoms with E-state index in [2.05, 4.69) is 42.1 Å². The number of nitrogens with one attached hydrogen (secondary N) is 3. The first-order valence-corrected chi connectivity index (χ1v) is 15.5. The molecule has 0 saturated heterocycles. The summed E-state index contributed by atoms with van der Waals surface area (Å²) in [4.78, 5) is 29.8. The number of carbonyl (C=O) groups excluding carboxylic acids is 2. The number of para-hydroxylation sites is 1. The molecule has 0 radical (unpaired) electrons. The molecule has 9 nitrogen and oxygen atoms in total. The minimum absolute atomic E-state index is 0.209. The second-order valence-electron chi connectivity index (χ2n) is 9.99. The number of amides is 2. The molecule has 0 spiro atoms. The van der Waals surface area contributed by atoms with Crippen molar-refractivity contribution in [1.82, 2.24) is 10.4 Å². The molecule has 5 rings (SSSR count). The predicted octanol–water partition coefficient (Wildman–Crippen LogP) is 7.72. The largest absolute Gasteiger partial charge is 0.493 e. The standard InChI is InChI=1S/C34H30BrN5O4S/c1-21-8-14-26(15-9-21)37-34-39-29(20-45-34)24-10-12-25(13-11-24)33(42)40-36-18-23-16-27(35)32(30(17-23)43-3)44-19-31(41)38-28-7-5-4-6-22(28)2/h4-18,20H,19H2,1-3H3,(H,37,39)(H,38,41)(H,40,42)/b36-18+. The van der Waals surface area contributed by atoms with Gasteiger partial charge in [0, 0.05) is 27.9 Å². The number of ether oxygens (including phenoxy) is 2. The molecule has 0 aliphatic heterocycles. The molecule has 3 N–H and O–H groups in total. The van der Waals surface area contributed by atoms with E-state index in [0.717, 1.165) is 33.3 Å². The Hall–Kier alpha value is -5.00. The van der Waals surface area contributed by atoms with Crippen molar-refractivity contribution >= 4 is 61.8 Å². The number of thiazole rings is 1. The van der Waals surface area contributed by atoms with E-state index >= 15 is 0 Å². The third kappa shape index (κ3) is 8.34. The molecule has 0 aliphatic carbocycles. The Morgan fingerprint density at radius 2 is 1.76 bits per heavy atom. The molecule has 0 fully saturated rings. The molecule has 1 aromatic heterocycles. The van der Waals surface area contributed by atoms with Gasteiger partial charge in [-0.25, -0.2) is 10.4 Å². The van der Waals surface area contributed by atoms with Crippen molar-refractivity contribution in [3.05, 3.63) is 117 Å². The Morgan fingerprint density at radius 3 is 2.49 bits per heavy atom. The van der Waals surface area contributed by atoms with Crippen LogP contribution in [0.5, 0.6) is 11.5 Å². The molecule has 0 bridgehead atoms. The number of methoxy groups -OCH3 is 1. The molecular weight excluding hydrogens is 654 g/mol. The molecule has 0 unspecified atom stereocenters. The van der Waals surface area contributed by atoms with Crippen LogP contribution in [-0.2, 0) is 4.79 Å². The summed E-state index contributed by atoms with van der Waals surface area (Å²) in [5.74, 6) is 0.113. The maximum Gasteiger partial charge on any atom is 0.271 e. The Labute approximate surface area is 273 Å². The Morgan fingerprint density at radius 1 is 1.00 bits per heavy atom. The molecule has 1 heterocycles. The maximum atomic E-state index is 12.7. The van der Waals surface area contributed by atoms with Gasteiger partial charge in [0.2, 0.25) is 0 Å². The van der Waals surface area contributed by atoms with Gasteiger partial charge in [0.25, 0.3) is 11.8 Å². The van der Waals surface area contributed by atoms with Crippen LogP contribution in [0.3, 0.4) is 0 Å². The van der Waals surface area contributed by atoms with Crippen LogP contribution in [0.25, 0.3) is 11.3 Å². The van der Waals surface area contributed by atoms with Crippen molar-refractivity contribution in [2.45, 2.75) is 13.8 Å². The molecule has 0 aliphatic rings. The minimum Gasteiger partial charge on any atom is -0.493 e. The molecule has 11 heteroatoms. The Bertz CT molecular complexity index is 1840. The fourth-order valence-electron chi connectivity index (χ4n) is 4.24. The normalized spacial score (nSPS) is 10.8. The van der Waals surface area contributed by atoms with Crippen LogP contribution in [0.2, 0.25) is 0 Å².